The molecule has 1 amide bonds. The van der Waals surface area contributed by atoms with E-state index in [0.717, 1.165) is 0 Å². The second-order valence-corrected chi connectivity index (χ2v) is 7.19. The van der Waals surface area contributed by atoms with Gasteiger partial charge in [0.2, 0.25) is 5.91 Å². The lowest BCUT2D eigenvalue weighted by atomic mass is 10.0. The number of hydrogen-bond donors (Lipinski definition) is 3. The van der Waals surface area contributed by atoms with Crippen molar-refractivity contribution in [3.63, 3.8) is 0 Å². The molecule has 0 spiro atoms. The molecule has 6 heteroatoms. The fraction of sp³-hybridized carbons (Fsp3) is 0.304. The molecule has 152 valence electrons. The molecule has 2 aromatic carbocycles. The van der Waals surface area contributed by atoms with Gasteiger partial charge in [0.1, 0.15) is 0 Å². The van der Waals surface area contributed by atoms with E-state index in [1.54, 1.807) is 5.38 Å². The molecule has 3 rings (SSSR count). The van der Waals surface area contributed by atoms with Crippen LogP contribution in [0.5, 0.6) is 0 Å². The standard InChI is InChI=1S/C23H27N3O2S/c1-16-6-10-18(11-7-16)21(27)5-3-2-4-17-8-12-19(13-9-17)25-22(28)14-20-15-29-23(24)26-20/h6-13,15,21,27H,2-5,14H2,1H3,(H2,24,26)(H,25,28)/t21-/m0/s1/i4D2,5D2,6D,7D,10D,11D. The van der Waals surface area contributed by atoms with Gasteiger partial charge in [-0.05, 0) is 49.4 Å². The third-order valence-corrected chi connectivity index (χ3v) is 4.64. The first-order valence-electron chi connectivity index (χ1n) is 13.0. The van der Waals surface area contributed by atoms with E-state index < -0.39 is 42.9 Å². The molecule has 5 nitrogen and oxygen atoms in total. The Labute approximate surface area is 186 Å². The molecule has 1 atom stereocenters. The molecule has 0 unspecified atom stereocenters. The van der Waals surface area contributed by atoms with Crippen molar-refractivity contribution in [2.75, 3.05) is 11.1 Å². The summed E-state index contributed by atoms with van der Waals surface area (Å²) in [6, 6.07) is 4.26. The molecule has 0 saturated heterocycles. The van der Waals surface area contributed by atoms with Crippen molar-refractivity contribution < 1.29 is 20.9 Å². The maximum absolute atomic E-state index is 12.2. The Morgan fingerprint density at radius 1 is 1.28 bits per heavy atom. The number of carbonyl (C=O) groups is 1. The number of benzene rings is 2. The first-order chi connectivity index (χ1) is 17.1. The Bertz CT molecular complexity index is 1270. The van der Waals surface area contributed by atoms with Gasteiger partial charge in [0.15, 0.2) is 5.13 Å². The number of rotatable bonds is 9. The quantitative estimate of drug-likeness (QED) is 0.472. The molecule has 0 aliphatic heterocycles. The molecular formula is C23H27N3O2S. The van der Waals surface area contributed by atoms with Crippen LogP contribution in [0.1, 0.15) is 58.7 Å². The average molecular weight is 418 g/mol. The monoisotopic (exact) mass is 417 g/mol. The molecular weight excluding hydrogens is 382 g/mol. The lowest BCUT2D eigenvalue weighted by Gasteiger charge is -2.11. The first-order valence-corrected chi connectivity index (χ1v) is 9.87. The van der Waals surface area contributed by atoms with Gasteiger partial charge < -0.3 is 16.2 Å². The summed E-state index contributed by atoms with van der Waals surface area (Å²) in [6.07, 6.45) is -7.15. The number of nitrogen functional groups attached to an aromatic ring is 1. The highest BCUT2D eigenvalue weighted by Crippen LogP contribution is 2.21. The van der Waals surface area contributed by atoms with E-state index in [9.17, 15) is 9.90 Å². The summed E-state index contributed by atoms with van der Waals surface area (Å²) >= 11 is 1.23. The fourth-order valence-electron chi connectivity index (χ4n) is 2.48. The summed E-state index contributed by atoms with van der Waals surface area (Å²) in [5.41, 5.74) is 6.43. The molecule has 1 aromatic heterocycles. The van der Waals surface area contributed by atoms with Crippen molar-refractivity contribution in [3.8, 4) is 0 Å². The van der Waals surface area contributed by atoms with E-state index in [0.29, 0.717) is 16.5 Å². The van der Waals surface area contributed by atoms with Gasteiger partial charge in [0, 0.05) is 16.6 Å². The maximum Gasteiger partial charge on any atom is 0.230 e. The summed E-state index contributed by atoms with van der Waals surface area (Å²) < 4.78 is 65.5. The zero-order valence-corrected chi connectivity index (χ0v) is 16.7. The minimum absolute atomic E-state index is 0.0398. The fourth-order valence-corrected chi connectivity index (χ4v) is 3.05. The first kappa shape index (κ1) is 12.8. The zero-order valence-electron chi connectivity index (χ0n) is 23.9. The summed E-state index contributed by atoms with van der Waals surface area (Å²) in [5, 5.41) is 15.4. The molecule has 1 heterocycles. The molecule has 0 aliphatic rings. The van der Waals surface area contributed by atoms with Crippen LogP contribution in [0.4, 0.5) is 10.8 Å². The molecule has 4 N–H and O–H groups in total. The summed E-state index contributed by atoms with van der Waals surface area (Å²) in [6.45, 7) is 1.41. The number of aryl methyl sites for hydroxylation is 1. The minimum atomic E-state index is -2.43. The van der Waals surface area contributed by atoms with E-state index in [-0.39, 0.29) is 42.0 Å². The van der Waals surface area contributed by atoms with E-state index in [1.807, 2.05) is 0 Å². The van der Waals surface area contributed by atoms with Gasteiger partial charge in [-0.2, -0.15) is 0 Å². The zero-order chi connectivity index (χ0) is 27.7. The van der Waals surface area contributed by atoms with Gasteiger partial charge in [0.05, 0.1) is 23.7 Å². The maximum atomic E-state index is 12.2. The molecule has 0 bridgehead atoms. The second kappa shape index (κ2) is 10.2. The molecule has 0 fully saturated rings. The van der Waals surface area contributed by atoms with E-state index in [2.05, 4.69) is 10.3 Å². The SMILES string of the molecule is [2H]c1c([2H])c([C@@H](O)C([2H])([2H])CCC([2H])([2H])c2ccc(NC(=O)Cc3csc(N)n3)cc2)c([2H])c([2H])c1C. The molecule has 3 aromatic rings. The second-order valence-electron chi connectivity index (χ2n) is 6.30. The highest BCUT2D eigenvalue weighted by molar-refractivity contribution is 7.13. The van der Waals surface area contributed by atoms with Crippen LogP contribution in [0.25, 0.3) is 0 Å². The van der Waals surface area contributed by atoms with Crippen LogP contribution in [-0.2, 0) is 17.6 Å². The van der Waals surface area contributed by atoms with Crippen LogP contribution >= 0.6 is 11.3 Å². The highest BCUT2D eigenvalue weighted by atomic mass is 32.1. The Morgan fingerprint density at radius 2 is 2.00 bits per heavy atom. The van der Waals surface area contributed by atoms with Crippen molar-refractivity contribution in [2.45, 2.75) is 45.0 Å². The number of thiazole rings is 1. The summed E-state index contributed by atoms with van der Waals surface area (Å²) in [5.74, 6) is -0.312. The van der Waals surface area contributed by atoms with Crippen LogP contribution in [0.3, 0.4) is 0 Å². The van der Waals surface area contributed by atoms with Crippen molar-refractivity contribution in [1.29, 1.82) is 0 Å². The molecule has 0 saturated carbocycles. The number of nitrogens with one attached hydrogen (secondary N) is 1. The Kier molecular flexibility index (Phi) is 4.49. The van der Waals surface area contributed by atoms with E-state index in [1.165, 1.54) is 42.5 Å². The van der Waals surface area contributed by atoms with Gasteiger partial charge in [-0.15, -0.1) is 11.3 Å². The Morgan fingerprint density at radius 3 is 2.66 bits per heavy atom. The Balaban J connectivity index is 1.68. The number of nitrogens with two attached hydrogens (primary N) is 1. The lowest BCUT2D eigenvalue weighted by molar-refractivity contribution is -0.115. The summed E-state index contributed by atoms with van der Waals surface area (Å²) in [4.78, 5) is 16.2. The van der Waals surface area contributed by atoms with Crippen LogP contribution in [-0.4, -0.2) is 16.0 Å². The highest BCUT2D eigenvalue weighted by Gasteiger charge is 2.08. The predicted molar refractivity (Wildman–Crippen MR) is 119 cm³/mol. The Hall–Kier alpha value is -2.70. The van der Waals surface area contributed by atoms with Crippen molar-refractivity contribution in [2.24, 2.45) is 0 Å². The number of aliphatic hydroxyl groups excluding tert-OH is 1. The van der Waals surface area contributed by atoms with E-state index >= 15 is 0 Å². The number of aliphatic hydroxyl groups is 1. The van der Waals surface area contributed by atoms with Gasteiger partial charge >= 0.3 is 0 Å². The topological polar surface area (TPSA) is 88.2 Å². The molecule has 29 heavy (non-hydrogen) atoms. The number of amides is 1. The number of nitrogens with zero attached hydrogens (tertiary/aromatic N) is 1. The smallest absolute Gasteiger partial charge is 0.230 e. The number of carbonyl (C=O) groups excluding carboxylic acids is 1. The average Bonchev–Trinajstić information content (AvgIpc) is 3.24. The van der Waals surface area contributed by atoms with Crippen LogP contribution in [0.2, 0.25) is 0 Å². The van der Waals surface area contributed by atoms with Crippen molar-refractivity contribution >= 4 is 28.1 Å². The van der Waals surface area contributed by atoms with Crippen LogP contribution in [0, 0.1) is 6.92 Å². The normalized spacial score (nSPS) is 16.9. The van der Waals surface area contributed by atoms with Gasteiger partial charge in [0.25, 0.3) is 0 Å². The van der Waals surface area contributed by atoms with E-state index in [4.69, 9.17) is 16.7 Å². The molecule has 0 radical (unpaired) electrons. The van der Waals surface area contributed by atoms with Gasteiger partial charge in [-0.25, -0.2) is 4.98 Å². The number of anilines is 2. The van der Waals surface area contributed by atoms with Gasteiger partial charge in [-0.3, -0.25) is 4.79 Å². The third kappa shape index (κ3) is 6.69. The van der Waals surface area contributed by atoms with Crippen molar-refractivity contribution in [1.82, 2.24) is 4.98 Å². The lowest BCUT2D eigenvalue weighted by Crippen LogP contribution is -2.14. The van der Waals surface area contributed by atoms with Gasteiger partial charge in [-0.1, -0.05) is 48.3 Å². The van der Waals surface area contributed by atoms with Crippen LogP contribution < -0.4 is 11.1 Å². The molecule has 0 aliphatic carbocycles. The van der Waals surface area contributed by atoms with Crippen LogP contribution in [0.15, 0.2) is 53.8 Å². The predicted octanol–water partition coefficient (Wildman–Crippen LogP) is 4.66. The number of hydrogen-bond acceptors (Lipinski definition) is 5. The minimum Gasteiger partial charge on any atom is -0.388 e. The van der Waals surface area contributed by atoms with Crippen molar-refractivity contribution in [3.05, 3.63) is 76.2 Å². The number of aromatic nitrogens is 1. The largest absolute Gasteiger partial charge is 0.388 e. The summed E-state index contributed by atoms with van der Waals surface area (Å²) in [7, 11) is 0. The third-order valence-electron chi connectivity index (χ3n) is 3.91.